The molecule has 2 aromatic carbocycles. The average Bonchev–Trinajstić information content (AvgIpc) is 3.20. The fourth-order valence-corrected chi connectivity index (χ4v) is 3.41. The number of nitrogens with zero attached hydrogens (tertiary/aromatic N) is 2. The lowest BCUT2D eigenvalue weighted by Gasteiger charge is -2.26. The van der Waals surface area contributed by atoms with Gasteiger partial charge in [-0.15, -0.1) is 0 Å². The number of hydrogen-bond acceptors (Lipinski definition) is 6. The van der Waals surface area contributed by atoms with Crippen molar-refractivity contribution in [3.05, 3.63) is 58.9 Å². The SMILES string of the molecule is COc1ccc(Cl)cc1NC(=O)c1c(-c2ccc(F)cc2)noc1N1CCOCC1. The molecule has 0 bridgehead atoms. The predicted octanol–water partition coefficient (Wildman–Crippen LogP) is 4.23. The second-order valence-corrected chi connectivity index (χ2v) is 7.05. The number of methoxy groups -OCH3 is 1. The maximum absolute atomic E-state index is 13.4. The van der Waals surface area contributed by atoms with E-state index in [1.807, 2.05) is 4.90 Å². The van der Waals surface area contributed by atoms with Crippen molar-refractivity contribution < 1.29 is 23.2 Å². The molecule has 4 rings (SSSR count). The number of nitrogens with one attached hydrogen (secondary N) is 1. The van der Waals surface area contributed by atoms with E-state index in [9.17, 15) is 9.18 Å². The first kappa shape index (κ1) is 20.2. The molecule has 1 N–H and O–H groups in total. The molecule has 3 aromatic rings. The molecular formula is C21H19ClFN3O4. The molecular weight excluding hydrogens is 413 g/mol. The van der Waals surface area contributed by atoms with E-state index in [0.29, 0.717) is 59.9 Å². The zero-order valence-corrected chi connectivity index (χ0v) is 16.9. The van der Waals surface area contributed by atoms with E-state index in [1.165, 1.54) is 19.2 Å². The molecule has 1 fully saturated rings. The molecule has 0 saturated carbocycles. The number of carbonyl (C=O) groups excluding carboxylic acids is 1. The van der Waals surface area contributed by atoms with Crippen LogP contribution in [0.25, 0.3) is 11.3 Å². The molecule has 156 valence electrons. The Labute approximate surface area is 177 Å². The molecule has 0 spiro atoms. The normalized spacial score (nSPS) is 13.9. The summed E-state index contributed by atoms with van der Waals surface area (Å²) in [5, 5.41) is 7.39. The Hall–Kier alpha value is -3.10. The molecule has 0 aliphatic carbocycles. The van der Waals surface area contributed by atoms with E-state index in [-0.39, 0.29) is 11.4 Å². The second kappa shape index (κ2) is 8.73. The van der Waals surface area contributed by atoms with Crippen molar-refractivity contribution in [2.45, 2.75) is 0 Å². The monoisotopic (exact) mass is 431 g/mol. The van der Waals surface area contributed by atoms with Crippen molar-refractivity contribution in [3.63, 3.8) is 0 Å². The summed E-state index contributed by atoms with van der Waals surface area (Å²) in [5.74, 6) is -0.0421. The summed E-state index contributed by atoms with van der Waals surface area (Å²) in [6.45, 7) is 2.13. The molecule has 1 saturated heterocycles. The summed E-state index contributed by atoms with van der Waals surface area (Å²) in [6.07, 6.45) is 0. The fraction of sp³-hybridized carbons (Fsp3) is 0.238. The van der Waals surface area contributed by atoms with Gasteiger partial charge in [-0.05, 0) is 42.5 Å². The first-order valence-electron chi connectivity index (χ1n) is 9.30. The summed E-state index contributed by atoms with van der Waals surface area (Å²) >= 11 is 6.08. The summed E-state index contributed by atoms with van der Waals surface area (Å²) in [7, 11) is 1.50. The molecule has 0 atom stereocenters. The molecule has 0 radical (unpaired) electrons. The van der Waals surface area contributed by atoms with Gasteiger partial charge in [0.25, 0.3) is 5.91 Å². The quantitative estimate of drug-likeness (QED) is 0.651. The van der Waals surface area contributed by atoms with Crippen molar-refractivity contribution >= 4 is 29.1 Å². The highest BCUT2D eigenvalue weighted by Crippen LogP contribution is 2.34. The number of aromatic nitrogens is 1. The highest BCUT2D eigenvalue weighted by molar-refractivity contribution is 6.31. The van der Waals surface area contributed by atoms with E-state index >= 15 is 0 Å². The Balaban J connectivity index is 1.75. The molecule has 9 heteroatoms. The minimum Gasteiger partial charge on any atom is -0.495 e. The van der Waals surface area contributed by atoms with Gasteiger partial charge >= 0.3 is 0 Å². The zero-order chi connectivity index (χ0) is 21.1. The van der Waals surface area contributed by atoms with Gasteiger partial charge in [0, 0.05) is 23.7 Å². The lowest BCUT2D eigenvalue weighted by atomic mass is 10.1. The van der Waals surface area contributed by atoms with Gasteiger partial charge < -0.3 is 24.2 Å². The van der Waals surface area contributed by atoms with Gasteiger partial charge in [-0.2, -0.15) is 0 Å². The van der Waals surface area contributed by atoms with Gasteiger partial charge in [-0.3, -0.25) is 4.79 Å². The van der Waals surface area contributed by atoms with Crippen molar-refractivity contribution in [1.82, 2.24) is 5.16 Å². The number of hydrogen-bond donors (Lipinski definition) is 1. The molecule has 1 aliphatic heterocycles. The highest BCUT2D eigenvalue weighted by Gasteiger charge is 2.29. The number of morpholine rings is 1. The number of benzene rings is 2. The first-order valence-corrected chi connectivity index (χ1v) is 9.68. The van der Waals surface area contributed by atoms with Gasteiger partial charge in [0.1, 0.15) is 22.8 Å². The van der Waals surface area contributed by atoms with Gasteiger partial charge in [-0.1, -0.05) is 16.8 Å². The van der Waals surface area contributed by atoms with E-state index in [2.05, 4.69) is 10.5 Å². The lowest BCUT2D eigenvalue weighted by molar-refractivity contribution is 0.102. The maximum atomic E-state index is 13.4. The van der Waals surface area contributed by atoms with Crippen LogP contribution in [0.4, 0.5) is 16.0 Å². The van der Waals surface area contributed by atoms with Crippen molar-refractivity contribution in [2.24, 2.45) is 0 Å². The Bertz CT molecular complexity index is 1050. The van der Waals surface area contributed by atoms with Crippen LogP contribution in [-0.4, -0.2) is 44.5 Å². The van der Waals surface area contributed by atoms with Crippen molar-refractivity contribution in [1.29, 1.82) is 0 Å². The van der Waals surface area contributed by atoms with E-state index in [1.54, 1.807) is 30.3 Å². The summed E-state index contributed by atoms with van der Waals surface area (Å²) in [4.78, 5) is 15.2. The van der Waals surface area contributed by atoms with Gasteiger partial charge in [0.2, 0.25) is 5.88 Å². The molecule has 7 nitrogen and oxygen atoms in total. The van der Waals surface area contributed by atoms with Crippen LogP contribution < -0.4 is 15.0 Å². The summed E-state index contributed by atoms with van der Waals surface area (Å²) < 4.78 is 29.7. The third kappa shape index (κ3) is 4.10. The lowest BCUT2D eigenvalue weighted by Crippen LogP contribution is -2.37. The Morgan fingerprint density at radius 1 is 1.20 bits per heavy atom. The number of halogens is 2. The van der Waals surface area contributed by atoms with E-state index in [4.69, 9.17) is 25.6 Å². The van der Waals surface area contributed by atoms with Crippen LogP contribution in [-0.2, 0) is 4.74 Å². The highest BCUT2D eigenvalue weighted by atomic mass is 35.5. The number of ether oxygens (including phenoxy) is 2. The minimum absolute atomic E-state index is 0.241. The van der Waals surface area contributed by atoms with Gasteiger partial charge in [0.15, 0.2) is 0 Å². The second-order valence-electron chi connectivity index (χ2n) is 6.62. The van der Waals surface area contributed by atoms with Crippen LogP contribution in [0.15, 0.2) is 47.0 Å². The third-order valence-electron chi connectivity index (χ3n) is 4.73. The Morgan fingerprint density at radius 2 is 1.93 bits per heavy atom. The largest absolute Gasteiger partial charge is 0.495 e. The maximum Gasteiger partial charge on any atom is 0.263 e. The molecule has 1 aliphatic rings. The molecule has 30 heavy (non-hydrogen) atoms. The number of carbonyl (C=O) groups is 1. The summed E-state index contributed by atoms with van der Waals surface area (Å²) in [6, 6.07) is 10.6. The van der Waals surface area contributed by atoms with Crippen molar-refractivity contribution in [2.75, 3.05) is 43.6 Å². The first-order chi connectivity index (χ1) is 14.6. The molecule has 2 heterocycles. The summed E-state index contributed by atoms with van der Waals surface area (Å²) in [5.41, 5.74) is 1.53. The molecule has 0 unspecified atom stereocenters. The van der Waals surface area contributed by atoms with Crippen LogP contribution in [0, 0.1) is 5.82 Å². The van der Waals surface area contributed by atoms with Crippen LogP contribution in [0.1, 0.15) is 10.4 Å². The van der Waals surface area contributed by atoms with E-state index < -0.39 is 5.91 Å². The smallest absolute Gasteiger partial charge is 0.263 e. The van der Waals surface area contributed by atoms with Crippen LogP contribution in [0.2, 0.25) is 5.02 Å². The minimum atomic E-state index is -0.447. The number of amides is 1. The average molecular weight is 432 g/mol. The van der Waals surface area contributed by atoms with Crippen LogP contribution in [0.5, 0.6) is 5.75 Å². The van der Waals surface area contributed by atoms with Crippen molar-refractivity contribution in [3.8, 4) is 17.0 Å². The Morgan fingerprint density at radius 3 is 2.63 bits per heavy atom. The van der Waals surface area contributed by atoms with Gasteiger partial charge in [-0.25, -0.2) is 4.39 Å². The number of anilines is 2. The zero-order valence-electron chi connectivity index (χ0n) is 16.2. The topological polar surface area (TPSA) is 76.8 Å². The van der Waals surface area contributed by atoms with E-state index in [0.717, 1.165) is 0 Å². The third-order valence-corrected chi connectivity index (χ3v) is 4.96. The standard InChI is InChI=1S/C21H19ClFN3O4/c1-28-17-7-4-14(22)12-16(17)24-20(27)18-19(13-2-5-15(23)6-3-13)25-30-21(18)26-8-10-29-11-9-26/h2-7,12H,8-11H2,1H3,(H,24,27). The molecule has 1 amide bonds. The Kier molecular flexibility index (Phi) is 5.87. The number of rotatable bonds is 5. The molecule has 1 aromatic heterocycles. The van der Waals surface area contributed by atoms with Crippen LogP contribution >= 0.6 is 11.6 Å². The van der Waals surface area contributed by atoms with Crippen LogP contribution in [0.3, 0.4) is 0 Å². The fourth-order valence-electron chi connectivity index (χ4n) is 3.24. The predicted molar refractivity (Wildman–Crippen MR) is 111 cm³/mol. The van der Waals surface area contributed by atoms with Gasteiger partial charge in [0.05, 0.1) is 26.0 Å².